The number of esters is 1. The molecule has 0 fully saturated rings. The molecule has 0 bridgehead atoms. The van der Waals surface area contributed by atoms with E-state index < -0.39 is 13.9 Å². The molecule has 8 nitrogen and oxygen atoms in total. The lowest BCUT2D eigenvalue weighted by molar-refractivity contribution is -0.154. The first kappa shape index (κ1) is 59.9. The number of ether oxygens (including phenoxy) is 2. The van der Waals surface area contributed by atoms with E-state index in [1.807, 2.05) is 0 Å². The summed E-state index contributed by atoms with van der Waals surface area (Å²) in [6.07, 6.45) is 63.6. The van der Waals surface area contributed by atoms with Crippen LogP contribution in [0.5, 0.6) is 0 Å². The third-order valence-corrected chi connectivity index (χ3v) is 11.6. The third-order valence-electron chi connectivity index (χ3n) is 10.6. The fourth-order valence-corrected chi connectivity index (χ4v) is 7.60. The first-order chi connectivity index (χ1) is 30.4. The summed E-state index contributed by atoms with van der Waals surface area (Å²) >= 11 is 0. The van der Waals surface area contributed by atoms with Gasteiger partial charge < -0.3 is 20.1 Å². The van der Waals surface area contributed by atoms with Gasteiger partial charge in [-0.2, -0.15) is 0 Å². The van der Waals surface area contributed by atoms with Gasteiger partial charge in [-0.1, -0.05) is 196 Å². The number of carbonyl (C=O) groups is 1. The summed E-state index contributed by atoms with van der Waals surface area (Å²) < 4.78 is 33.6. The van der Waals surface area contributed by atoms with Crippen molar-refractivity contribution in [1.82, 2.24) is 0 Å². The minimum Gasteiger partial charge on any atom is -0.457 e. The number of phosphoric ester groups is 1. The van der Waals surface area contributed by atoms with Gasteiger partial charge in [-0.15, -0.1) is 0 Å². The van der Waals surface area contributed by atoms with Crippen molar-refractivity contribution in [2.75, 3.05) is 33.0 Å². The van der Waals surface area contributed by atoms with Crippen LogP contribution in [0.2, 0.25) is 0 Å². The van der Waals surface area contributed by atoms with Crippen LogP contribution in [0.4, 0.5) is 0 Å². The van der Waals surface area contributed by atoms with Gasteiger partial charge in [0.25, 0.3) is 0 Å². The Kier molecular flexibility index (Phi) is 48.3. The van der Waals surface area contributed by atoms with Crippen LogP contribution >= 0.6 is 7.82 Å². The van der Waals surface area contributed by atoms with E-state index in [1.54, 1.807) is 0 Å². The lowest BCUT2D eigenvalue weighted by Gasteiger charge is -2.20. The van der Waals surface area contributed by atoms with E-state index in [0.29, 0.717) is 13.0 Å². The van der Waals surface area contributed by atoms with Crippen molar-refractivity contribution >= 4 is 13.8 Å². The fraction of sp³-hybridized carbons (Fsp3) is 0.755. The van der Waals surface area contributed by atoms with E-state index in [2.05, 4.69) is 86.8 Å². The molecule has 0 amide bonds. The quantitative estimate of drug-likeness (QED) is 0.0268. The maximum Gasteiger partial charge on any atom is 0.472 e. The molecule has 0 aromatic heterocycles. The molecule has 0 heterocycles. The molecule has 0 spiro atoms. The van der Waals surface area contributed by atoms with Crippen LogP contribution < -0.4 is 5.73 Å². The highest BCUT2D eigenvalue weighted by Crippen LogP contribution is 2.43. The molecule has 3 N–H and O–H groups in total. The van der Waals surface area contributed by atoms with Gasteiger partial charge in [-0.25, -0.2) is 4.57 Å². The van der Waals surface area contributed by atoms with Gasteiger partial charge in [-0.05, 0) is 89.9 Å². The van der Waals surface area contributed by atoms with Crippen molar-refractivity contribution in [3.8, 4) is 0 Å². The zero-order chi connectivity index (χ0) is 45.1. The van der Waals surface area contributed by atoms with Crippen molar-refractivity contribution in [3.05, 3.63) is 72.9 Å². The summed E-state index contributed by atoms with van der Waals surface area (Å²) in [5, 5.41) is 0. The van der Waals surface area contributed by atoms with Gasteiger partial charge in [0, 0.05) is 19.6 Å². The molecule has 0 radical (unpaired) electrons. The average Bonchev–Trinajstić information content (AvgIpc) is 3.26. The van der Waals surface area contributed by atoms with E-state index in [9.17, 15) is 14.3 Å². The zero-order valence-electron chi connectivity index (χ0n) is 40.1. The van der Waals surface area contributed by atoms with Crippen molar-refractivity contribution in [1.29, 1.82) is 0 Å². The molecule has 0 aromatic carbocycles. The van der Waals surface area contributed by atoms with Gasteiger partial charge >= 0.3 is 13.8 Å². The van der Waals surface area contributed by atoms with Gasteiger partial charge in [0.05, 0.1) is 19.8 Å². The number of rotatable bonds is 48. The number of phosphoric acid groups is 1. The summed E-state index contributed by atoms with van der Waals surface area (Å²) in [6, 6.07) is 0. The lowest BCUT2D eigenvalue weighted by Crippen LogP contribution is -2.28. The number of hydrogen-bond acceptors (Lipinski definition) is 7. The predicted molar refractivity (Wildman–Crippen MR) is 265 cm³/mol. The smallest absolute Gasteiger partial charge is 0.457 e. The number of nitrogens with two attached hydrogens (primary N) is 1. The minimum atomic E-state index is -4.29. The van der Waals surface area contributed by atoms with Crippen molar-refractivity contribution in [2.24, 2.45) is 5.73 Å². The topological polar surface area (TPSA) is 117 Å². The second-order valence-corrected chi connectivity index (χ2v) is 18.1. The maximum atomic E-state index is 12.7. The second kappa shape index (κ2) is 49.9. The van der Waals surface area contributed by atoms with E-state index in [1.165, 1.54) is 116 Å². The second-order valence-electron chi connectivity index (χ2n) is 16.7. The number of hydrogen-bond donors (Lipinski definition) is 2. The molecule has 0 saturated carbocycles. The van der Waals surface area contributed by atoms with Crippen LogP contribution in [-0.4, -0.2) is 49.9 Å². The molecule has 0 aliphatic heterocycles. The Morgan fingerprint density at radius 1 is 0.484 bits per heavy atom. The zero-order valence-corrected chi connectivity index (χ0v) is 41.0. The van der Waals surface area contributed by atoms with Crippen LogP contribution in [0.3, 0.4) is 0 Å². The van der Waals surface area contributed by atoms with Crippen LogP contribution in [0, 0.1) is 0 Å². The highest BCUT2D eigenvalue weighted by molar-refractivity contribution is 7.47. The Balaban J connectivity index is 4.03. The molecular weight excluding hydrogens is 794 g/mol. The summed E-state index contributed by atoms with van der Waals surface area (Å²) in [4.78, 5) is 22.6. The Bertz CT molecular complexity index is 1180. The minimum absolute atomic E-state index is 0.0927. The first-order valence-corrected chi connectivity index (χ1v) is 26.9. The summed E-state index contributed by atoms with van der Waals surface area (Å²) in [6.45, 7) is 4.86. The van der Waals surface area contributed by atoms with E-state index in [-0.39, 0.29) is 32.3 Å². The fourth-order valence-electron chi connectivity index (χ4n) is 6.83. The Hall–Kier alpha value is -2.06. The van der Waals surface area contributed by atoms with Crippen LogP contribution in [0.1, 0.15) is 219 Å². The summed E-state index contributed by atoms with van der Waals surface area (Å²) in [7, 11) is -4.29. The molecule has 62 heavy (non-hydrogen) atoms. The summed E-state index contributed by atoms with van der Waals surface area (Å²) in [5.41, 5.74) is 5.39. The molecule has 0 aromatic rings. The molecule has 0 aliphatic rings. The molecule has 2 unspecified atom stereocenters. The molecular formula is C53H96NO7P. The highest BCUT2D eigenvalue weighted by atomic mass is 31.2. The van der Waals surface area contributed by atoms with Gasteiger partial charge in [-0.3, -0.25) is 13.8 Å². The Morgan fingerprint density at radius 3 is 1.27 bits per heavy atom. The number of unbranched alkanes of at least 4 members (excludes halogenated alkanes) is 23. The van der Waals surface area contributed by atoms with E-state index in [0.717, 1.165) is 83.5 Å². The largest absolute Gasteiger partial charge is 0.472 e. The normalized spacial score (nSPS) is 13.9. The number of carbonyl (C=O) groups excluding carboxylic acids is 1. The number of allylic oxidation sites excluding steroid dienone is 12. The Morgan fingerprint density at radius 2 is 0.855 bits per heavy atom. The van der Waals surface area contributed by atoms with Crippen molar-refractivity contribution in [2.45, 2.75) is 225 Å². The molecule has 0 saturated heterocycles. The van der Waals surface area contributed by atoms with E-state index >= 15 is 0 Å². The predicted octanol–water partition coefficient (Wildman–Crippen LogP) is 15.9. The lowest BCUT2D eigenvalue weighted by atomic mass is 10.1. The van der Waals surface area contributed by atoms with Crippen molar-refractivity contribution < 1.29 is 32.8 Å². The van der Waals surface area contributed by atoms with Crippen LogP contribution in [0.25, 0.3) is 0 Å². The Labute approximate surface area is 382 Å². The van der Waals surface area contributed by atoms with Gasteiger partial charge in [0.15, 0.2) is 0 Å². The SMILES string of the molecule is CCCCCCC/C=C\C/C=C\C/C=C\CCCCCCCCCOCC(COP(=O)(O)OCCN)OC(=O)CCCCCCCC/C=C\C/C=C\C/C=C\CCCCCCC. The van der Waals surface area contributed by atoms with E-state index in [4.69, 9.17) is 24.3 Å². The van der Waals surface area contributed by atoms with Crippen LogP contribution in [-0.2, 0) is 27.9 Å². The molecule has 2 atom stereocenters. The average molecular weight is 890 g/mol. The highest BCUT2D eigenvalue weighted by Gasteiger charge is 2.25. The van der Waals surface area contributed by atoms with Crippen LogP contribution in [0.15, 0.2) is 72.9 Å². The molecule has 9 heteroatoms. The third kappa shape index (κ3) is 49.0. The first-order valence-electron chi connectivity index (χ1n) is 25.4. The monoisotopic (exact) mass is 890 g/mol. The standard InChI is InChI=1S/C53H96NO7P/c1-3-5-7-9-11-13-15-17-19-21-23-25-27-29-31-33-35-37-39-41-43-45-48-58-50-52(51-60-62(56,57)59-49-47-54)61-53(55)46-44-42-40-38-36-34-32-30-28-26-24-22-20-18-16-14-12-10-8-6-4-2/h15-18,21-24,27-30,52H,3-14,19-20,25-26,31-51,54H2,1-2H3,(H,56,57)/b17-15-,18-16-,23-21-,24-22-,29-27-,30-28-. The molecule has 0 aliphatic carbocycles. The van der Waals surface area contributed by atoms with Gasteiger partial charge in [0.2, 0.25) is 0 Å². The molecule has 0 rings (SSSR count). The maximum absolute atomic E-state index is 12.7. The van der Waals surface area contributed by atoms with Crippen molar-refractivity contribution in [3.63, 3.8) is 0 Å². The van der Waals surface area contributed by atoms with Gasteiger partial charge in [0.1, 0.15) is 6.10 Å². The molecule has 360 valence electrons. The summed E-state index contributed by atoms with van der Waals surface area (Å²) in [5.74, 6) is -0.347.